The average Bonchev–Trinajstić information content (AvgIpc) is 2.20. The smallest absolute Gasteiger partial charge is 0.317 e. The molecule has 0 amide bonds. The van der Waals surface area contributed by atoms with Crippen LogP contribution in [0.5, 0.6) is 0 Å². The summed E-state index contributed by atoms with van der Waals surface area (Å²) in [5.74, 6) is -0.769. The number of likely N-dealkylation sites (N-methyl/N-ethyl adjacent to an activating group) is 1. The molecule has 0 spiro atoms. The molecule has 0 unspecified atom stereocenters. The fraction of sp³-hybridized carbons (Fsp3) is 0.500. The number of rotatable bonds is 5. The number of carbonyl (C=O) groups is 1. The summed E-state index contributed by atoms with van der Waals surface area (Å²) >= 11 is 0. The predicted octanol–water partition coefficient (Wildman–Crippen LogP) is 2.52. The Kier molecular flexibility index (Phi) is 4.70. The van der Waals surface area contributed by atoms with Crippen molar-refractivity contribution in [3.8, 4) is 0 Å². The van der Waals surface area contributed by atoms with Crippen LogP contribution < -0.4 is 0 Å². The van der Waals surface area contributed by atoms with Gasteiger partial charge in [0.05, 0.1) is 6.54 Å². The molecule has 3 heteroatoms. The zero-order valence-electron chi connectivity index (χ0n) is 11.1. The van der Waals surface area contributed by atoms with Crippen LogP contribution in [0.4, 0.5) is 0 Å². The molecule has 17 heavy (non-hydrogen) atoms. The van der Waals surface area contributed by atoms with E-state index in [1.807, 2.05) is 11.8 Å². The van der Waals surface area contributed by atoms with Gasteiger partial charge in [0.15, 0.2) is 0 Å². The van der Waals surface area contributed by atoms with E-state index in [9.17, 15) is 4.79 Å². The van der Waals surface area contributed by atoms with E-state index in [0.717, 1.165) is 6.54 Å². The summed E-state index contributed by atoms with van der Waals surface area (Å²) in [6, 6.07) is 4.30. The highest BCUT2D eigenvalue weighted by atomic mass is 16.4. The lowest BCUT2D eigenvalue weighted by Crippen LogP contribution is -2.29. The first-order chi connectivity index (χ1) is 7.93. The van der Waals surface area contributed by atoms with Gasteiger partial charge in [0.2, 0.25) is 0 Å². The average molecular weight is 235 g/mol. The van der Waals surface area contributed by atoms with Crippen LogP contribution in [0.15, 0.2) is 12.1 Å². The Morgan fingerprint density at radius 2 is 1.76 bits per heavy atom. The van der Waals surface area contributed by atoms with Gasteiger partial charge in [-0.25, -0.2) is 0 Å². The molecule has 0 aliphatic heterocycles. The van der Waals surface area contributed by atoms with Crippen LogP contribution in [-0.2, 0) is 11.3 Å². The first-order valence-corrected chi connectivity index (χ1v) is 5.95. The highest BCUT2D eigenvalue weighted by Crippen LogP contribution is 2.18. The van der Waals surface area contributed by atoms with Gasteiger partial charge in [0.1, 0.15) is 0 Å². The van der Waals surface area contributed by atoms with Crippen molar-refractivity contribution in [2.75, 3.05) is 13.1 Å². The molecule has 0 radical (unpaired) electrons. The Bertz CT molecular complexity index is 390. The molecule has 0 aliphatic carbocycles. The number of carboxylic acids is 1. The standard InChI is InChI=1S/C14H21NO2/c1-5-15(9-14(16)17)8-13-11(3)6-10(2)7-12(13)4/h6-7H,5,8-9H2,1-4H3,(H,16,17). The van der Waals surface area contributed by atoms with E-state index in [0.29, 0.717) is 6.54 Å². The summed E-state index contributed by atoms with van der Waals surface area (Å²) in [6.07, 6.45) is 0. The van der Waals surface area contributed by atoms with E-state index in [2.05, 4.69) is 32.9 Å². The van der Waals surface area contributed by atoms with E-state index in [-0.39, 0.29) is 6.54 Å². The minimum atomic E-state index is -0.769. The van der Waals surface area contributed by atoms with Crippen LogP contribution in [0.25, 0.3) is 0 Å². The maximum Gasteiger partial charge on any atom is 0.317 e. The lowest BCUT2D eigenvalue weighted by atomic mass is 9.99. The quantitative estimate of drug-likeness (QED) is 0.852. The van der Waals surface area contributed by atoms with Crippen molar-refractivity contribution in [3.05, 3.63) is 34.4 Å². The largest absolute Gasteiger partial charge is 0.480 e. The Hall–Kier alpha value is -1.35. The van der Waals surface area contributed by atoms with E-state index in [1.54, 1.807) is 0 Å². The Balaban J connectivity index is 2.89. The van der Waals surface area contributed by atoms with Gasteiger partial charge in [-0.05, 0) is 44.0 Å². The first-order valence-electron chi connectivity index (χ1n) is 5.95. The second kappa shape index (κ2) is 5.82. The number of aliphatic carboxylic acids is 1. The Morgan fingerprint density at radius 1 is 1.24 bits per heavy atom. The van der Waals surface area contributed by atoms with Crippen molar-refractivity contribution in [3.63, 3.8) is 0 Å². The second-order valence-corrected chi connectivity index (χ2v) is 4.57. The van der Waals surface area contributed by atoms with Crippen LogP contribution in [0.2, 0.25) is 0 Å². The van der Waals surface area contributed by atoms with Crippen LogP contribution in [0, 0.1) is 20.8 Å². The molecule has 0 fully saturated rings. The van der Waals surface area contributed by atoms with Crippen molar-refractivity contribution in [2.24, 2.45) is 0 Å². The van der Waals surface area contributed by atoms with Gasteiger partial charge >= 0.3 is 5.97 Å². The minimum Gasteiger partial charge on any atom is -0.480 e. The minimum absolute atomic E-state index is 0.100. The monoisotopic (exact) mass is 235 g/mol. The van der Waals surface area contributed by atoms with Gasteiger partial charge in [-0.3, -0.25) is 9.69 Å². The summed E-state index contributed by atoms with van der Waals surface area (Å²) in [4.78, 5) is 12.7. The molecule has 0 aliphatic rings. The molecule has 1 aromatic carbocycles. The van der Waals surface area contributed by atoms with Crippen molar-refractivity contribution in [1.82, 2.24) is 4.90 Å². The predicted molar refractivity (Wildman–Crippen MR) is 69.2 cm³/mol. The third-order valence-corrected chi connectivity index (χ3v) is 3.03. The molecule has 0 aromatic heterocycles. The number of benzene rings is 1. The zero-order valence-corrected chi connectivity index (χ0v) is 11.1. The number of nitrogens with zero attached hydrogens (tertiary/aromatic N) is 1. The summed E-state index contributed by atoms with van der Waals surface area (Å²) in [5.41, 5.74) is 4.99. The topological polar surface area (TPSA) is 40.5 Å². The maximum atomic E-state index is 10.7. The van der Waals surface area contributed by atoms with Crippen LogP contribution >= 0.6 is 0 Å². The normalized spacial score (nSPS) is 10.9. The number of hydrogen-bond acceptors (Lipinski definition) is 2. The van der Waals surface area contributed by atoms with Gasteiger partial charge in [0.25, 0.3) is 0 Å². The fourth-order valence-corrected chi connectivity index (χ4v) is 2.15. The fourth-order valence-electron chi connectivity index (χ4n) is 2.15. The molecule has 0 saturated heterocycles. The zero-order chi connectivity index (χ0) is 13.0. The van der Waals surface area contributed by atoms with Gasteiger partial charge < -0.3 is 5.11 Å². The van der Waals surface area contributed by atoms with E-state index >= 15 is 0 Å². The third-order valence-electron chi connectivity index (χ3n) is 3.03. The molecular formula is C14H21NO2. The summed E-state index contributed by atoms with van der Waals surface area (Å²) in [5, 5.41) is 8.83. The van der Waals surface area contributed by atoms with Crippen molar-refractivity contribution in [2.45, 2.75) is 34.2 Å². The summed E-state index contributed by atoms with van der Waals surface area (Å²) in [6.45, 7) is 9.80. The lowest BCUT2D eigenvalue weighted by Gasteiger charge is -2.21. The molecule has 0 saturated carbocycles. The molecule has 0 atom stereocenters. The van der Waals surface area contributed by atoms with Crippen molar-refractivity contribution < 1.29 is 9.90 Å². The van der Waals surface area contributed by atoms with Gasteiger partial charge in [-0.1, -0.05) is 24.6 Å². The molecule has 3 nitrogen and oxygen atoms in total. The Labute approximate surface area is 103 Å². The number of aryl methyl sites for hydroxylation is 3. The maximum absolute atomic E-state index is 10.7. The van der Waals surface area contributed by atoms with Gasteiger partial charge in [0, 0.05) is 6.54 Å². The molecule has 1 rings (SSSR count). The molecule has 1 aromatic rings. The van der Waals surface area contributed by atoms with Crippen molar-refractivity contribution in [1.29, 1.82) is 0 Å². The third kappa shape index (κ3) is 3.86. The highest BCUT2D eigenvalue weighted by molar-refractivity contribution is 5.69. The second-order valence-electron chi connectivity index (χ2n) is 4.57. The van der Waals surface area contributed by atoms with E-state index in [1.165, 1.54) is 22.3 Å². The van der Waals surface area contributed by atoms with Crippen LogP contribution in [0.3, 0.4) is 0 Å². The van der Waals surface area contributed by atoms with Gasteiger partial charge in [-0.15, -0.1) is 0 Å². The molecule has 94 valence electrons. The van der Waals surface area contributed by atoms with E-state index in [4.69, 9.17) is 5.11 Å². The van der Waals surface area contributed by atoms with Gasteiger partial charge in [-0.2, -0.15) is 0 Å². The van der Waals surface area contributed by atoms with Crippen LogP contribution in [-0.4, -0.2) is 29.1 Å². The first kappa shape index (κ1) is 13.7. The molecule has 0 heterocycles. The lowest BCUT2D eigenvalue weighted by molar-refractivity contribution is -0.138. The highest BCUT2D eigenvalue weighted by Gasteiger charge is 2.11. The summed E-state index contributed by atoms with van der Waals surface area (Å²) in [7, 11) is 0. The van der Waals surface area contributed by atoms with E-state index < -0.39 is 5.97 Å². The van der Waals surface area contributed by atoms with Crippen molar-refractivity contribution >= 4 is 5.97 Å². The number of carboxylic acid groups (broad SMARTS) is 1. The Morgan fingerprint density at radius 3 is 2.18 bits per heavy atom. The molecule has 0 bridgehead atoms. The summed E-state index contributed by atoms with van der Waals surface area (Å²) < 4.78 is 0. The SMILES string of the molecule is CCN(CC(=O)O)Cc1c(C)cc(C)cc1C. The van der Waals surface area contributed by atoms with Crippen LogP contribution in [0.1, 0.15) is 29.2 Å². The molecule has 1 N–H and O–H groups in total. The molecular weight excluding hydrogens is 214 g/mol. The number of hydrogen-bond donors (Lipinski definition) is 1.